The molecule has 1 unspecified atom stereocenters. The number of rotatable bonds is 9. The first-order chi connectivity index (χ1) is 13.6. The van der Waals surface area contributed by atoms with Crippen molar-refractivity contribution >= 4 is 17.5 Å². The Morgan fingerprint density at radius 1 is 0.964 bits per heavy atom. The third-order valence-corrected chi connectivity index (χ3v) is 5.19. The molecule has 3 rings (SSSR count). The van der Waals surface area contributed by atoms with E-state index in [1.54, 1.807) is 30.9 Å². The number of halogens is 1. The van der Waals surface area contributed by atoms with Gasteiger partial charge in [-0.2, -0.15) is 0 Å². The van der Waals surface area contributed by atoms with E-state index in [9.17, 15) is 4.79 Å². The first-order valence-corrected chi connectivity index (χ1v) is 9.57. The average Bonchev–Trinajstić information content (AvgIpc) is 2.72. The lowest BCUT2D eigenvalue weighted by atomic mass is 9.83. The number of hydrogen-bond acceptors (Lipinski definition) is 4. The molecule has 1 atom stereocenters. The van der Waals surface area contributed by atoms with E-state index in [1.807, 2.05) is 42.5 Å². The summed E-state index contributed by atoms with van der Waals surface area (Å²) in [6.07, 6.45) is 8.91. The Balaban J connectivity index is 1.86. The quantitative estimate of drug-likeness (QED) is 0.583. The van der Waals surface area contributed by atoms with Crippen molar-refractivity contribution in [3.8, 4) is 0 Å². The molecule has 0 aliphatic rings. The average molecular weight is 395 g/mol. The van der Waals surface area contributed by atoms with E-state index in [2.05, 4.69) is 15.3 Å². The second kappa shape index (κ2) is 9.44. The predicted octanol–water partition coefficient (Wildman–Crippen LogP) is 3.28. The van der Waals surface area contributed by atoms with Crippen LogP contribution in [0.15, 0.2) is 73.3 Å². The van der Waals surface area contributed by atoms with E-state index >= 15 is 0 Å². The summed E-state index contributed by atoms with van der Waals surface area (Å²) in [5.41, 5.74) is 7.73. The van der Waals surface area contributed by atoms with E-state index in [0.29, 0.717) is 30.0 Å². The third kappa shape index (κ3) is 4.74. The molecular formula is C22H23ClN4O. The number of primary amides is 1. The van der Waals surface area contributed by atoms with E-state index in [-0.39, 0.29) is 0 Å². The predicted molar refractivity (Wildman–Crippen MR) is 111 cm³/mol. The highest BCUT2D eigenvalue weighted by Crippen LogP contribution is 2.32. The Bertz CT molecular complexity index is 905. The standard InChI is InChI=1S/C22H23ClN4O/c23-20-6-2-1-5-19(20)22(21(24)28,11-7-18-4-3-12-26-16-18)27-15-10-17-8-13-25-14-9-17/h1-6,8-9,12-14,16,27H,7,10-11,15H2,(H2,24,28). The van der Waals surface area contributed by atoms with E-state index in [0.717, 1.165) is 17.5 Å². The number of hydrogen-bond donors (Lipinski definition) is 2. The van der Waals surface area contributed by atoms with Crippen LogP contribution in [0.5, 0.6) is 0 Å². The molecule has 3 aromatic rings. The molecule has 0 saturated carbocycles. The molecule has 28 heavy (non-hydrogen) atoms. The lowest BCUT2D eigenvalue weighted by molar-refractivity contribution is -0.125. The van der Waals surface area contributed by atoms with Gasteiger partial charge in [-0.05, 0) is 54.7 Å². The van der Waals surface area contributed by atoms with Gasteiger partial charge in [0.1, 0.15) is 5.54 Å². The van der Waals surface area contributed by atoms with Gasteiger partial charge in [-0.1, -0.05) is 35.9 Å². The molecule has 0 aliphatic carbocycles. The summed E-state index contributed by atoms with van der Waals surface area (Å²) in [6, 6.07) is 15.1. The highest BCUT2D eigenvalue weighted by Gasteiger charge is 2.39. The first-order valence-electron chi connectivity index (χ1n) is 9.19. The molecule has 0 fully saturated rings. The number of nitrogens with one attached hydrogen (secondary N) is 1. The summed E-state index contributed by atoms with van der Waals surface area (Å²) in [5, 5.41) is 3.93. The van der Waals surface area contributed by atoms with Gasteiger partial charge < -0.3 is 5.73 Å². The van der Waals surface area contributed by atoms with Crippen LogP contribution in [0.3, 0.4) is 0 Å². The van der Waals surface area contributed by atoms with Gasteiger partial charge in [0, 0.05) is 41.9 Å². The number of amides is 1. The zero-order valence-electron chi connectivity index (χ0n) is 15.5. The summed E-state index contributed by atoms with van der Waals surface area (Å²) in [4.78, 5) is 20.9. The zero-order valence-corrected chi connectivity index (χ0v) is 16.3. The maximum absolute atomic E-state index is 12.7. The molecule has 2 aromatic heterocycles. The van der Waals surface area contributed by atoms with Crippen molar-refractivity contribution in [1.82, 2.24) is 15.3 Å². The van der Waals surface area contributed by atoms with Crippen LogP contribution in [0.25, 0.3) is 0 Å². The van der Waals surface area contributed by atoms with Crippen molar-refractivity contribution in [3.63, 3.8) is 0 Å². The number of carbonyl (C=O) groups excluding carboxylic acids is 1. The van der Waals surface area contributed by atoms with Crippen molar-refractivity contribution in [3.05, 3.63) is 95.0 Å². The van der Waals surface area contributed by atoms with Crippen molar-refractivity contribution in [2.45, 2.75) is 24.8 Å². The second-order valence-corrected chi connectivity index (χ2v) is 7.05. The monoisotopic (exact) mass is 394 g/mol. The highest BCUT2D eigenvalue weighted by molar-refractivity contribution is 6.31. The largest absolute Gasteiger partial charge is 0.368 e. The fourth-order valence-electron chi connectivity index (χ4n) is 3.32. The van der Waals surface area contributed by atoms with Gasteiger partial charge in [-0.25, -0.2) is 0 Å². The molecule has 0 bridgehead atoms. The minimum absolute atomic E-state index is 0.445. The number of nitrogens with two attached hydrogens (primary N) is 1. The zero-order chi connectivity index (χ0) is 19.8. The van der Waals surface area contributed by atoms with E-state index < -0.39 is 11.4 Å². The molecule has 1 aromatic carbocycles. The summed E-state index contributed by atoms with van der Waals surface area (Å²) < 4.78 is 0. The molecular weight excluding hydrogens is 372 g/mol. The van der Waals surface area contributed by atoms with Crippen LogP contribution in [-0.4, -0.2) is 22.4 Å². The van der Waals surface area contributed by atoms with Gasteiger partial charge in [0.05, 0.1) is 0 Å². The molecule has 1 amide bonds. The Hall–Kier alpha value is -2.76. The van der Waals surface area contributed by atoms with Gasteiger partial charge >= 0.3 is 0 Å². The van der Waals surface area contributed by atoms with Crippen molar-refractivity contribution < 1.29 is 4.79 Å². The lowest BCUT2D eigenvalue weighted by Crippen LogP contribution is -2.53. The lowest BCUT2D eigenvalue weighted by Gasteiger charge is -2.33. The summed E-state index contributed by atoms with van der Waals surface area (Å²) in [5.74, 6) is -0.445. The van der Waals surface area contributed by atoms with Crippen LogP contribution in [0.1, 0.15) is 23.1 Å². The number of pyridine rings is 2. The Morgan fingerprint density at radius 2 is 1.75 bits per heavy atom. The number of benzene rings is 1. The number of nitrogens with zero attached hydrogens (tertiary/aromatic N) is 2. The SMILES string of the molecule is NC(=O)C(CCc1cccnc1)(NCCc1ccncc1)c1ccccc1Cl. The van der Waals surface area contributed by atoms with Crippen LogP contribution in [-0.2, 0) is 23.2 Å². The maximum Gasteiger partial charge on any atom is 0.242 e. The molecule has 0 aliphatic heterocycles. The van der Waals surface area contributed by atoms with Crippen LogP contribution in [0.4, 0.5) is 0 Å². The van der Waals surface area contributed by atoms with Gasteiger partial charge in [0.25, 0.3) is 0 Å². The Morgan fingerprint density at radius 3 is 2.43 bits per heavy atom. The Labute approximate surface area is 170 Å². The number of carbonyl (C=O) groups is 1. The van der Waals surface area contributed by atoms with Crippen LogP contribution < -0.4 is 11.1 Å². The summed E-state index contributed by atoms with van der Waals surface area (Å²) in [7, 11) is 0. The van der Waals surface area contributed by atoms with Gasteiger partial charge in [-0.15, -0.1) is 0 Å². The minimum Gasteiger partial charge on any atom is -0.368 e. The molecule has 6 heteroatoms. The van der Waals surface area contributed by atoms with Crippen LogP contribution in [0.2, 0.25) is 5.02 Å². The highest BCUT2D eigenvalue weighted by atomic mass is 35.5. The molecule has 0 spiro atoms. The number of aryl methyl sites for hydroxylation is 1. The van der Waals surface area contributed by atoms with Crippen molar-refractivity contribution in [2.75, 3.05) is 6.54 Å². The summed E-state index contributed by atoms with van der Waals surface area (Å²) >= 11 is 6.46. The number of aromatic nitrogens is 2. The van der Waals surface area contributed by atoms with Crippen molar-refractivity contribution in [2.24, 2.45) is 5.73 Å². The Kier molecular flexibility index (Phi) is 6.74. The maximum atomic E-state index is 12.7. The first kappa shape index (κ1) is 20.0. The topological polar surface area (TPSA) is 80.9 Å². The third-order valence-electron chi connectivity index (χ3n) is 4.86. The molecule has 3 N–H and O–H groups in total. The molecule has 144 valence electrons. The van der Waals surface area contributed by atoms with Crippen molar-refractivity contribution in [1.29, 1.82) is 0 Å². The van der Waals surface area contributed by atoms with Gasteiger partial charge in [-0.3, -0.25) is 20.1 Å². The second-order valence-electron chi connectivity index (χ2n) is 6.64. The molecule has 0 saturated heterocycles. The normalized spacial score (nSPS) is 13.0. The van der Waals surface area contributed by atoms with E-state index in [1.165, 1.54) is 0 Å². The van der Waals surface area contributed by atoms with Gasteiger partial charge in [0.2, 0.25) is 5.91 Å². The smallest absolute Gasteiger partial charge is 0.242 e. The van der Waals surface area contributed by atoms with Gasteiger partial charge in [0.15, 0.2) is 0 Å². The molecule has 2 heterocycles. The fraction of sp³-hybridized carbons (Fsp3) is 0.227. The fourth-order valence-corrected chi connectivity index (χ4v) is 3.61. The van der Waals surface area contributed by atoms with Crippen LogP contribution in [0, 0.1) is 0 Å². The summed E-state index contributed by atoms with van der Waals surface area (Å²) in [6.45, 7) is 0.575. The van der Waals surface area contributed by atoms with E-state index in [4.69, 9.17) is 17.3 Å². The minimum atomic E-state index is -1.07. The molecule has 5 nitrogen and oxygen atoms in total. The molecule has 0 radical (unpaired) electrons. The van der Waals surface area contributed by atoms with Crippen LogP contribution >= 0.6 is 11.6 Å².